The number of nitrogens with one attached hydrogen (secondary N) is 3. The number of aromatic amines is 1. The van der Waals surface area contributed by atoms with E-state index in [2.05, 4.69) is 61.9 Å². The lowest BCUT2D eigenvalue weighted by atomic mass is 9.96. The van der Waals surface area contributed by atoms with Gasteiger partial charge >= 0.3 is 0 Å². The Labute approximate surface area is 217 Å². The molecule has 6 nitrogen and oxygen atoms in total. The molecule has 1 aromatic carbocycles. The van der Waals surface area contributed by atoms with E-state index in [4.69, 9.17) is 23.8 Å². The Morgan fingerprint density at radius 1 is 1.24 bits per heavy atom. The lowest BCUT2D eigenvalue weighted by Gasteiger charge is -2.29. The van der Waals surface area contributed by atoms with Gasteiger partial charge in [-0.2, -0.15) is 0 Å². The van der Waals surface area contributed by atoms with Crippen molar-refractivity contribution in [1.29, 1.82) is 0 Å². The Bertz CT molecular complexity index is 1210. The van der Waals surface area contributed by atoms with E-state index < -0.39 is 0 Å². The van der Waals surface area contributed by atoms with Gasteiger partial charge < -0.3 is 20.5 Å². The van der Waals surface area contributed by atoms with Crippen molar-refractivity contribution in [3.8, 4) is 0 Å². The lowest BCUT2D eigenvalue weighted by molar-refractivity contribution is -0.118. The molecule has 0 unspecified atom stereocenters. The van der Waals surface area contributed by atoms with E-state index in [0.717, 1.165) is 22.8 Å². The van der Waals surface area contributed by atoms with Crippen LogP contribution >= 0.6 is 46.4 Å². The number of H-pyrrole nitrogens is 1. The van der Waals surface area contributed by atoms with Crippen LogP contribution in [0.5, 0.6) is 0 Å². The number of thiocarbonyl (C=S) groups is 1. The SMILES string of the molecule is Cc1[nH]c(C)c([C@@H]2[C@@H](c3ccccn3)NC(=S)N2c2ccc(NC(=O)C(C)C)c(Cl)c2)c1I. The van der Waals surface area contributed by atoms with Crippen LogP contribution in [0.2, 0.25) is 5.02 Å². The number of halogens is 2. The quantitative estimate of drug-likeness (QED) is 0.248. The Kier molecular flexibility index (Phi) is 6.97. The molecule has 1 saturated heterocycles. The third-order valence-corrected chi connectivity index (χ3v) is 7.77. The van der Waals surface area contributed by atoms with Crippen molar-refractivity contribution < 1.29 is 4.79 Å². The average molecular weight is 594 g/mol. The Balaban J connectivity index is 1.80. The number of hydrogen-bond donors (Lipinski definition) is 3. The fraction of sp³-hybridized carbons (Fsp3) is 0.292. The molecule has 0 spiro atoms. The summed E-state index contributed by atoms with van der Waals surface area (Å²) in [5.41, 5.74) is 5.71. The van der Waals surface area contributed by atoms with Crippen LogP contribution in [0.4, 0.5) is 11.4 Å². The summed E-state index contributed by atoms with van der Waals surface area (Å²) < 4.78 is 1.17. The van der Waals surface area contributed by atoms with Crippen molar-refractivity contribution in [2.45, 2.75) is 39.8 Å². The number of aromatic nitrogens is 2. The molecule has 3 heterocycles. The van der Waals surface area contributed by atoms with Gasteiger partial charge in [-0.05, 0) is 79.0 Å². The molecule has 1 fully saturated rings. The highest BCUT2D eigenvalue weighted by molar-refractivity contribution is 14.1. The van der Waals surface area contributed by atoms with Crippen molar-refractivity contribution in [2.24, 2.45) is 5.92 Å². The van der Waals surface area contributed by atoms with Gasteiger partial charge in [0.05, 0.1) is 28.5 Å². The lowest BCUT2D eigenvalue weighted by Crippen LogP contribution is -2.30. The van der Waals surface area contributed by atoms with Gasteiger partial charge in [0.2, 0.25) is 5.91 Å². The average Bonchev–Trinajstić information content (AvgIpc) is 3.24. The highest BCUT2D eigenvalue weighted by Gasteiger charge is 2.43. The smallest absolute Gasteiger partial charge is 0.226 e. The minimum atomic E-state index is -0.139. The molecule has 0 radical (unpaired) electrons. The first-order valence-electron chi connectivity index (χ1n) is 10.6. The first-order chi connectivity index (χ1) is 15.7. The third-order valence-electron chi connectivity index (χ3n) is 5.75. The monoisotopic (exact) mass is 593 g/mol. The van der Waals surface area contributed by atoms with Crippen LogP contribution < -0.4 is 15.5 Å². The van der Waals surface area contributed by atoms with Crippen LogP contribution in [0.15, 0.2) is 42.6 Å². The molecule has 3 aromatic rings. The maximum Gasteiger partial charge on any atom is 0.226 e. The highest BCUT2D eigenvalue weighted by atomic mass is 127. The predicted octanol–water partition coefficient (Wildman–Crippen LogP) is 6.06. The molecule has 9 heteroatoms. The van der Waals surface area contributed by atoms with E-state index in [0.29, 0.717) is 15.8 Å². The molecule has 0 saturated carbocycles. The normalized spacial score (nSPS) is 18.0. The maximum atomic E-state index is 12.1. The minimum Gasteiger partial charge on any atom is -0.362 e. The maximum absolute atomic E-state index is 12.1. The van der Waals surface area contributed by atoms with Crippen molar-refractivity contribution >= 4 is 68.8 Å². The summed E-state index contributed by atoms with van der Waals surface area (Å²) in [5.74, 6) is -0.217. The summed E-state index contributed by atoms with van der Waals surface area (Å²) in [6.07, 6.45) is 1.79. The molecule has 0 bridgehead atoms. The Hall–Kier alpha value is -2.17. The molecule has 2 atom stereocenters. The van der Waals surface area contributed by atoms with E-state index in [-0.39, 0.29) is 23.9 Å². The number of aryl methyl sites for hydroxylation is 2. The van der Waals surface area contributed by atoms with Crippen LogP contribution in [-0.4, -0.2) is 21.0 Å². The van der Waals surface area contributed by atoms with Crippen LogP contribution in [0.25, 0.3) is 0 Å². The molecule has 2 aromatic heterocycles. The second-order valence-corrected chi connectivity index (χ2v) is 10.3. The van der Waals surface area contributed by atoms with Gasteiger partial charge in [-0.1, -0.05) is 31.5 Å². The van der Waals surface area contributed by atoms with Crippen LogP contribution in [0.3, 0.4) is 0 Å². The summed E-state index contributed by atoms with van der Waals surface area (Å²) in [4.78, 5) is 22.3. The van der Waals surface area contributed by atoms with E-state index >= 15 is 0 Å². The van der Waals surface area contributed by atoms with Crippen molar-refractivity contribution in [3.05, 3.63) is 73.8 Å². The second kappa shape index (κ2) is 9.60. The number of carbonyl (C=O) groups is 1. The number of pyridine rings is 1. The number of carbonyl (C=O) groups excluding carboxylic acids is 1. The fourth-order valence-electron chi connectivity index (χ4n) is 4.08. The van der Waals surface area contributed by atoms with E-state index in [1.54, 1.807) is 6.20 Å². The van der Waals surface area contributed by atoms with Crippen LogP contribution in [-0.2, 0) is 4.79 Å². The zero-order chi connectivity index (χ0) is 23.9. The fourth-order valence-corrected chi connectivity index (χ4v) is 5.51. The zero-order valence-corrected chi connectivity index (χ0v) is 22.5. The largest absolute Gasteiger partial charge is 0.362 e. The summed E-state index contributed by atoms with van der Waals surface area (Å²) in [6, 6.07) is 11.2. The van der Waals surface area contributed by atoms with Gasteiger partial charge in [0.25, 0.3) is 0 Å². The van der Waals surface area contributed by atoms with Gasteiger partial charge in [-0.25, -0.2) is 0 Å². The number of rotatable bonds is 5. The molecule has 3 N–H and O–H groups in total. The molecule has 1 aliphatic rings. The van der Waals surface area contributed by atoms with Gasteiger partial charge in [0.1, 0.15) is 0 Å². The second-order valence-electron chi connectivity index (χ2n) is 8.41. The number of benzene rings is 1. The minimum absolute atomic E-state index is 0.0796. The zero-order valence-electron chi connectivity index (χ0n) is 18.7. The topological polar surface area (TPSA) is 73.1 Å². The van der Waals surface area contributed by atoms with Crippen molar-refractivity contribution in [1.82, 2.24) is 15.3 Å². The van der Waals surface area contributed by atoms with Gasteiger partial charge in [0, 0.05) is 38.3 Å². The Morgan fingerprint density at radius 3 is 2.58 bits per heavy atom. The standard InChI is InChI=1S/C24H25ClIN5OS/c1-12(2)23(32)29-17-9-8-15(11-16(17)25)31-22(19-13(3)28-14(4)20(19)26)21(30-24(31)33)18-7-5-6-10-27-18/h5-12,21-22,28H,1-4H3,(H,29,32)(H,30,33)/t21-,22-/m1/s1. The highest BCUT2D eigenvalue weighted by Crippen LogP contribution is 2.45. The molecule has 1 aliphatic heterocycles. The van der Waals surface area contributed by atoms with Crippen LogP contribution in [0, 0.1) is 23.3 Å². The molecular weight excluding hydrogens is 569 g/mol. The number of hydrogen-bond acceptors (Lipinski definition) is 3. The predicted molar refractivity (Wildman–Crippen MR) is 146 cm³/mol. The number of anilines is 2. The molecule has 4 rings (SSSR count). The van der Waals surface area contributed by atoms with Gasteiger partial charge in [-0.15, -0.1) is 0 Å². The summed E-state index contributed by atoms with van der Waals surface area (Å²) in [7, 11) is 0. The van der Waals surface area contributed by atoms with Crippen molar-refractivity contribution in [3.63, 3.8) is 0 Å². The van der Waals surface area contributed by atoms with E-state index in [1.165, 1.54) is 9.13 Å². The first kappa shape index (κ1) is 24.0. The molecule has 33 heavy (non-hydrogen) atoms. The first-order valence-corrected chi connectivity index (χ1v) is 12.5. The van der Waals surface area contributed by atoms with Gasteiger partial charge in [0.15, 0.2) is 5.11 Å². The molecule has 172 valence electrons. The van der Waals surface area contributed by atoms with E-state index in [1.807, 2.05) is 50.2 Å². The summed E-state index contributed by atoms with van der Waals surface area (Å²) in [5, 5.41) is 7.42. The molecular formula is C24H25ClIN5OS. The van der Waals surface area contributed by atoms with E-state index in [9.17, 15) is 4.79 Å². The number of amides is 1. The van der Waals surface area contributed by atoms with Gasteiger partial charge in [-0.3, -0.25) is 9.78 Å². The summed E-state index contributed by atoms with van der Waals surface area (Å²) in [6.45, 7) is 7.84. The third kappa shape index (κ3) is 4.61. The summed E-state index contributed by atoms with van der Waals surface area (Å²) >= 11 is 14.8. The Morgan fingerprint density at radius 2 is 2.00 bits per heavy atom. The van der Waals surface area contributed by atoms with Crippen molar-refractivity contribution in [2.75, 3.05) is 10.2 Å². The molecule has 0 aliphatic carbocycles. The number of nitrogens with zero attached hydrogens (tertiary/aromatic N) is 2. The molecule has 1 amide bonds. The van der Waals surface area contributed by atoms with Crippen LogP contribution in [0.1, 0.15) is 48.6 Å².